The number of hydrogen-bond acceptors (Lipinski definition) is 4. The average molecular weight is 458 g/mol. The highest BCUT2D eigenvalue weighted by Crippen LogP contribution is 2.45. The number of nitrogens with zero attached hydrogens (tertiary/aromatic N) is 2. The maximum atomic E-state index is 13.7. The normalized spacial score (nSPS) is 27.5. The summed E-state index contributed by atoms with van der Waals surface area (Å²) in [6, 6.07) is 20.2. The van der Waals surface area contributed by atoms with Crippen molar-refractivity contribution < 1.29 is 13.9 Å². The number of amides is 1. The molecular formula is C28H28FN3O2. The van der Waals surface area contributed by atoms with Gasteiger partial charge in [-0.15, -0.1) is 0 Å². The SMILES string of the molecule is O=C1N[C@H](CC2CO2)N(c2ccc(F)cc2)C12CCN(C1Cc3cccc4cccc1c34)CC2. The van der Waals surface area contributed by atoms with E-state index < -0.39 is 5.54 Å². The third-order valence-corrected chi connectivity index (χ3v) is 8.35. The topological polar surface area (TPSA) is 48.1 Å². The number of halogens is 1. The number of carbonyl (C=O) groups is 1. The van der Waals surface area contributed by atoms with E-state index in [0.717, 1.165) is 51.1 Å². The molecule has 6 heteroatoms. The largest absolute Gasteiger partial charge is 0.373 e. The first-order valence-electron chi connectivity index (χ1n) is 12.3. The summed E-state index contributed by atoms with van der Waals surface area (Å²) in [7, 11) is 0. The molecule has 0 aromatic heterocycles. The van der Waals surface area contributed by atoms with Crippen LogP contribution in [-0.4, -0.2) is 48.3 Å². The molecule has 4 aliphatic rings. The molecule has 3 fully saturated rings. The number of likely N-dealkylation sites (tertiary alicyclic amines) is 1. The Kier molecular flexibility index (Phi) is 4.52. The monoisotopic (exact) mass is 457 g/mol. The van der Waals surface area contributed by atoms with Crippen molar-refractivity contribution in [2.45, 2.75) is 49.5 Å². The number of benzene rings is 3. The van der Waals surface area contributed by atoms with Gasteiger partial charge in [0.1, 0.15) is 17.5 Å². The predicted molar refractivity (Wildman–Crippen MR) is 129 cm³/mol. The Morgan fingerprint density at radius 1 is 1.03 bits per heavy atom. The summed E-state index contributed by atoms with van der Waals surface area (Å²) >= 11 is 0. The van der Waals surface area contributed by atoms with E-state index >= 15 is 0 Å². The number of nitrogens with one attached hydrogen (secondary N) is 1. The lowest BCUT2D eigenvalue weighted by molar-refractivity contribution is -0.125. The number of anilines is 1. The summed E-state index contributed by atoms with van der Waals surface area (Å²) in [6.45, 7) is 2.46. The molecule has 0 radical (unpaired) electrons. The standard InChI is InChI=1S/C28H28FN3O2/c29-20-7-9-21(10-8-20)32-25(16-22-17-34-22)30-27(33)28(32)11-13-31(14-12-28)24-15-19-5-1-3-18-4-2-6-23(24)26(18)19/h1-10,22,24-25H,11-17H2,(H,30,33)/t22?,24?,25-/m0/s1. The summed E-state index contributed by atoms with van der Waals surface area (Å²) < 4.78 is 19.2. The maximum Gasteiger partial charge on any atom is 0.247 e. The first-order valence-corrected chi connectivity index (χ1v) is 12.3. The molecule has 1 N–H and O–H groups in total. The van der Waals surface area contributed by atoms with Gasteiger partial charge in [0.15, 0.2) is 0 Å². The minimum Gasteiger partial charge on any atom is -0.373 e. The first kappa shape index (κ1) is 20.4. The second-order valence-electron chi connectivity index (χ2n) is 10.2. The molecule has 3 atom stereocenters. The lowest BCUT2D eigenvalue weighted by atomic mass is 9.84. The zero-order valence-corrected chi connectivity index (χ0v) is 19.0. The van der Waals surface area contributed by atoms with Crippen molar-refractivity contribution >= 4 is 22.4 Å². The Labute approximate surface area is 198 Å². The van der Waals surface area contributed by atoms with E-state index in [-0.39, 0.29) is 24.0 Å². The van der Waals surface area contributed by atoms with Gasteiger partial charge in [-0.1, -0.05) is 36.4 Å². The predicted octanol–water partition coefficient (Wildman–Crippen LogP) is 4.16. The summed E-state index contributed by atoms with van der Waals surface area (Å²) in [5.74, 6) is -0.165. The Balaban J connectivity index is 1.18. The highest BCUT2D eigenvalue weighted by Gasteiger charge is 2.55. The van der Waals surface area contributed by atoms with Crippen molar-refractivity contribution in [1.82, 2.24) is 10.2 Å². The third kappa shape index (κ3) is 3.08. The lowest BCUT2D eigenvalue weighted by Crippen LogP contribution is -2.58. The van der Waals surface area contributed by atoms with Crippen molar-refractivity contribution in [2.75, 3.05) is 24.6 Å². The van der Waals surface area contributed by atoms with E-state index in [1.165, 1.54) is 34.0 Å². The number of ether oxygens (including phenoxy) is 1. The van der Waals surface area contributed by atoms with Gasteiger partial charge in [0.2, 0.25) is 5.91 Å². The third-order valence-electron chi connectivity index (χ3n) is 8.35. The second-order valence-corrected chi connectivity index (χ2v) is 10.2. The van der Waals surface area contributed by atoms with Crippen LogP contribution in [0, 0.1) is 5.82 Å². The fraction of sp³-hybridized carbons (Fsp3) is 0.393. The Hall–Kier alpha value is -2.96. The summed E-state index contributed by atoms with van der Waals surface area (Å²) in [4.78, 5) is 18.3. The zero-order chi connectivity index (χ0) is 22.9. The molecule has 174 valence electrons. The van der Waals surface area contributed by atoms with Crippen molar-refractivity contribution in [2.24, 2.45) is 0 Å². The molecule has 1 spiro atoms. The molecule has 7 rings (SSSR count). The van der Waals surface area contributed by atoms with Gasteiger partial charge in [0.25, 0.3) is 0 Å². The van der Waals surface area contributed by atoms with Crippen LogP contribution in [0.4, 0.5) is 10.1 Å². The molecule has 3 saturated heterocycles. The van der Waals surface area contributed by atoms with Gasteiger partial charge in [0.05, 0.1) is 12.7 Å². The number of piperidine rings is 1. The van der Waals surface area contributed by atoms with Gasteiger partial charge in [-0.3, -0.25) is 9.69 Å². The molecule has 0 saturated carbocycles. The van der Waals surface area contributed by atoms with Crippen LogP contribution in [0.25, 0.3) is 10.8 Å². The summed E-state index contributed by atoms with van der Waals surface area (Å²) in [5.41, 5.74) is 3.14. The average Bonchev–Trinajstić information content (AvgIpc) is 3.54. The molecule has 5 nitrogen and oxygen atoms in total. The first-order chi connectivity index (χ1) is 16.6. The van der Waals surface area contributed by atoms with Crippen LogP contribution >= 0.6 is 0 Å². The highest BCUT2D eigenvalue weighted by atomic mass is 19.1. The highest BCUT2D eigenvalue weighted by molar-refractivity contribution is 5.94. The van der Waals surface area contributed by atoms with E-state index in [9.17, 15) is 9.18 Å². The maximum absolute atomic E-state index is 13.7. The van der Waals surface area contributed by atoms with Gasteiger partial charge in [-0.25, -0.2) is 4.39 Å². The molecule has 3 heterocycles. The second kappa shape index (κ2) is 7.52. The molecular weight excluding hydrogens is 429 g/mol. The minimum absolute atomic E-state index is 0.0962. The smallest absolute Gasteiger partial charge is 0.247 e. The van der Waals surface area contributed by atoms with Crippen LogP contribution in [0.3, 0.4) is 0 Å². The quantitative estimate of drug-likeness (QED) is 0.598. The van der Waals surface area contributed by atoms with Crippen molar-refractivity contribution in [3.05, 3.63) is 77.6 Å². The molecule has 1 amide bonds. The molecule has 0 bridgehead atoms. The van der Waals surface area contributed by atoms with Crippen molar-refractivity contribution in [3.8, 4) is 0 Å². The van der Waals surface area contributed by atoms with E-state index in [0.29, 0.717) is 6.04 Å². The molecule has 2 unspecified atom stereocenters. The van der Waals surface area contributed by atoms with Crippen molar-refractivity contribution in [1.29, 1.82) is 0 Å². The van der Waals surface area contributed by atoms with Crippen molar-refractivity contribution in [3.63, 3.8) is 0 Å². The van der Waals surface area contributed by atoms with Gasteiger partial charge < -0.3 is 15.0 Å². The van der Waals surface area contributed by atoms with E-state index in [1.54, 1.807) is 12.1 Å². The van der Waals surface area contributed by atoms with E-state index in [1.807, 2.05) is 0 Å². The van der Waals surface area contributed by atoms with Gasteiger partial charge >= 0.3 is 0 Å². The zero-order valence-electron chi connectivity index (χ0n) is 19.0. The van der Waals surface area contributed by atoms with Crippen LogP contribution in [0.2, 0.25) is 0 Å². The fourth-order valence-electron chi connectivity index (χ4n) is 6.62. The molecule has 3 aromatic rings. The number of hydrogen-bond donors (Lipinski definition) is 1. The van der Waals surface area contributed by atoms with Crippen LogP contribution < -0.4 is 10.2 Å². The summed E-state index contributed by atoms with van der Waals surface area (Å²) in [6.07, 6.45) is 3.36. The van der Waals surface area contributed by atoms with Crippen LogP contribution in [-0.2, 0) is 16.0 Å². The van der Waals surface area contributed by atoms with E-state index in [2.05, 4.69) is 51.5 Å². The number of carbonyl (C=O) groups excluding carboxylic acids is 1. The van der Waals surface area contributed by atoms with Gasteiger partial charge in [0, 0.05) is 31.2 Å². The Bertz CT molecular complexity index is 1260. The number of rotatable bonds is 4. The van der Waals surface area contributed by atoms with E-state index in [4.69, 9.17) is 4.74 Å². The molecule has 3 aromatic carbocycles. The fourth-order valence-corrected chi connectivity index (χ4v) is 6.62. The lowest BCUT2D eigenvalue weighted by Gasteiger charge is -2.46. The Morgan fingerprint density at radius 2 is 1.76 bits per heavy atom. The number of epoxide rings is 1. The minimum atomic E-state index is -0.606. The molecule has 1 aliphatic carbocycles. The van der Waals surface area contributed by atoms with Crippen LogP contribution in [0.5, 0.6) is 0 Å². The van der Waals surface area contributed by atoms with Crippen LogP contribution in [0.15, 0.2) is 60.7 Å². The Morgan fingerprint density at radius 3 is 2.50 bits per heavy atom. The molecule has 34 heavy (non-hydrogen) atoms. The van der Waals surface area contributed by atoms with Gasteiger partial charge in [-0.2, -0.15) is 0 Å². The molecule has 3 aliphatic heterocycles. The summed E-state index contributed by atoms with van der Waals surface area (Å²) in [5, 5.41) is 5.98. The van der Waals surface area contributed by atoms with Gasteiger partial charge in [-0.05, 0) is 65.4 Å². The van der Waals surface area contributed by atoms with Crippen LogP contribution in [0.1, 0.15) is 36.4 Å².